The normalized spacial score (nSPS) is 10.8. The summed E-state index contributed by atoms with van der Waals surface area (Å²) in [5.41, 5.74) is 8.27. The summed E-state index contributed by atoms with van der Waals surface area (Å²) < 4.78 is 0. The number of hydrogen-bond acceptors (Lipinski definition) is 2. The Kier molecular flexibility index (Phi) is 3.40. The molecule has 21 heavy (non-hydrogen) atoms. The lowest BCUT2D eigenvalue weighted by Crippen LogP contribution is -2.06. The van der Waals surface area contributed by atoms with Crippen LogP contribution >= 0.6 is 11.6 Å². The highest BCUT2D eigenvalue weighted by molar-refractivity contribution is 6.37. The van der Waals surface area contributed by atoms with Crippen molar-refractivity contribution in [1.82, 2.24) is 0 Å². The van der Waals surface area contributed by atoms with Gasteiger partial charge >= 0.3 is 0 Å². The molecule has 0 aliphatic carbocycles. The number of carbonyl (C=O) groups excluding carboxylic acids is 1. The third kappa shape index (κ3) is 2.28. The van der Waals surface area contributed by atoms with Crippen molar-refractivity contribution >= 4 is 33.8 Å². The molecule has 3 heteroatoms. The van der Waals surface area contributed by atoms with E-state index in [1.807, 2.05) is 43.3 Å². The topological polar surface area (TPSA) is 43.1 Å². The molecule has 0 saturated carbocycles. The molecule has 0 fully saturated rings. The monoisotopic (exact) mass is 295 g/mol. The number of ketones is 1. The third-order valence-electron chi connectivity index (χ3n) is 3.64. The van der Waals surface area contributed by atoms with Crippen LogP contribution in [-0.4, -0.2) is 5.78 Å². The second-order valence-corrected chi connectivity index (χ2v) is 5.39. The Morgan fingerprint density at radius 3 is 2.57 bits per heavy atom. The molecule has 2 nitrogen and oxygen atoms in total. The molecule has 0 saturated heterocycles. The van der Waals surface area contributed by atoms with E-state index in [0.29, 0.717) is 21.8 Å². The standard InChI is InChI=1S/C18H14ClNO/c1-11-9-10-12-5-2-3-6-13(12)16(11)18(21)14-7-4-8-15(20)17(14)19/h2-10H,20H2,1H3. The Balaban J connectivity index is 2.27. The average Bonchev–Trinajstić information content (AvgIpc) is 2.49. The first kappa shape index (κ1) is 13.7. The van der Waals surface area contributed by atoms with E-state index in [2.05, 4.69) is 0 Å². The number of halogens is 1. The largest absolute Gasteiger partial charge is 0.398 e. The molecule has 0 spiro atoms. The number of aryl methyl sites for hydroxylation is 1. The Morgan fingerprint density at radius 1 is 1.00 bits per heavy atom. The second-order valence-electron chi connectivity index (χ2n) is 5.02. The van der Waals surface area contributed by atoms with Crippen molar-refractivity contribution in [2.24, 2.45) is 0 Å². The average molecular weight is 296 g/mol. The highest BCUT2D eigenvalue weighted by atomic mass is 35.5. The SMILES string of the molecule is Cc1ccc2ccccc2c1C(=O)c1cccc(N)c1Cl. The summed E-state index contributed by atoms with van der Waals surface area (Å²) in [5, 5.41) is 2.28. The molecule has 0 amide bonds. The molecule has 0 unspecified atom stereocenters. The van der Waals surface area contributed by atoms with Gasteiger partial charge < -0.3 is 5.73 Å². The van der Waals surface area contributed by atoms with Gasteiger partial charge in [-0.1, -0.05) is 54.1 Å². The summed E-state index contributed by atoms with van der Waals surface area (Å²) in [4.78, 5) is 12.9. The van der Waals surface area contributed by atoms with E-state index in [9.17, 15) is 4.79 Å². The Labute approximate surface area is 128 Å². The molecule has 0 aromatic heterocycles. The summed E-state index contributed by atoms with van der Waals surface area (Å²) >= 11 is 6.20. The van der Waals surface area contributed by atoms with Crippen molar-refractivity contribution in [3.63, 3.8) is 0 Å². The predicted molar refractivity (Wildman–Crippen MR) is 88.0 cm³/mol. The van der Waals surface area contributed by atoms with E-state index in [-0.39, 0.29) is 5.78 Å². The van der Waals surface area contributed by atoms with Crippen LogP contribution in [0.1, 0.15) is 21.5 Å². The van der Waals surface area contributed by atoms with Crippen LogP contribution in [0.4, 0.5) is 5.69 Å². The smallest absolute Gasteiger partial charge is 0.195 e. The zero-order valence-corrected chi connectivity index (χ0v) is 12.3. The van der Waals surface area contributed by atoms with Crippen LogP contribution in [0.15, 0.2) is 54.6 Å². The van der Waals surface area contributed by atoms with Crippen molar-refractivity contribution in [2.75, 3.05) is 5.73 Å². The van der Waals surface area contributed by atoms with E-state index in [0.717, 1.165) is 16.3 Å². The van der Waals surface area contributed by atoms with Gasteiger partial charge in [0.1, 0.15) is 0 Å². The van der Waals surface area contributed by atoms with Gasteiger partial charge in [0.15, 0.2) is 5.78 Å². The number of anilines is 1. The van der Waals surface area contributed by atoms with Crippen LogP contribution < -0.4 is 5.73 Å². The maximum Gasteiger partial charge on any atom is 0.195 e. The molecule has 3 rings (SSSR count). The zero-order chi connectivity index (χ0) is 15.0. The van der Waals surface area contributed by atoms with E-state index in [1.165, 1.54) is 0 Å². The molecule has 0 heterocycles. The van der Waals surface area contributed by atoms with Gasteiger partial charge in [0.2, 0.25) is 0 Å². The van der Waals surface area contributed by atoms with Crippen molar-refractivity contribution < 1.29 is 4.79 Å². The van der Waals surface area contributed by atoms with Crippen molar-refractivity contribution in [1.29, 1.82) is 0 Å². The lowest BCUT2D eigenvalue weighted by Gasteiger charge is -2.11. The van der Waals surface area contributed by atoms with Crippen LogP contribution in [0.3, 0.4) is 0 Å². The van der Waals surface area contributed by atoms with Gasteiger partial charge in [-0.3, -0.25) is 4.79 Å². The first-order valence-corrected chi connectivity index (χ1v) is 7.04. The molecule has 0 radical (unpaired) electrons. The highest BCUT2D eigenvalue weighted by Gasteiger charge is 2.18. The van der Waals surface area contributed by atoms with Gasteiger partial charge in [-0.25, -0.2) is 0 Å². The second kappa shape index (κ2) is 5.23. The lowest BCUT2D eigenvalue weighted by atomic mass is 9.93. The van der Waals surface area contributed by atoms with Gasteiger partial charge in [0.25, 0.3) is 0 Å². The van der Waals surface area contributed by atoms with Crippen LogP contribution in [0, 0.1) is 6.92 Å². The molecule has 104 valence electrons. The number of nitrogen functional groups attached to an aromatic ring is 1. The lowest BCUT2D eigenvalue weighted by molar-refractivity contribution is 0.104. The van der Waals surface area contributed by atoms with Gasteiger partial charge in [-0.15, -0.1) is 0 Å². The maximum atomic E-state index is 12.9. The van der Waals surface area contributed by atoms with Crippen molar-refractivity contribution in [3.8, 4) is 0 Å². The van der Waals surface area contributed by atoms with Gasteiger partial charge in [-0.05, 0) is 35.4 Å². The summed E-state index contributed by atoms with van der Waals surface area (Å²) in [6.07, 6.45) is 0. The molecule has 2 N–H and O–H groups in total. The fourth-order valence-corrected chi connectivity index (χ4v) is 2.75. The minimum atomic E-state index is -0.0957. The van der Waals surface area contributed by atoms with Gasteiger partial charge in [-0.2, -0.15) is 0 Å². The predicted octanol–water partition coefficient (Wildman–Crippen LogP) is 4.61. The number of fused-ring (bicyclic) bond motifs is 1. The van der Waals surface area contributed by atoms with E-state index in [4.69, 9.17) is 17.3 Å². The first-order chi connectivity index (χ1) is 10.1. The van der Waals surface area contributed by atoms with Crippen molar-refractivity contribution in [3.05, 3.63) is 76.3 Å². The van der Waals surface area contributed by atoms with E-state index in [1.54, 1.807) is 18.2 Å². The molecule has 0 aliphatic rings. The molecule has 3 aromatic carbocycles. The molecule has 3 aromatic rings. The molecule has 0 aliphatic heterocycles. The fraction of sp³-hybridized carbons (Fsp3) is 0.0556. The number of rotatable bonds is 2. The van der Waals surface area contributed by atoms with Crippen LogP contribution in [0.25, 0.3) is 10.8 Å². The molecule has 0 bridgehead atoms. The number of benzene rings is 3. The molecule has 0 atom stereocenters. The number of nitrogens with two attached hydrogens (primary N) is 1. The summed E-state index contributed by atoms with van der Waals surface area (Å²) in [7, 11) is 0. The summed E-state index contributed by atoms with van der Waals surface area (Å²) in [5.74, 6) is -0.0957. The molecular weight excluding hydrogens is 282 g/mol. The third-order valence-corrected chi connectivity index (χ3v) is 4.06. The zero-order valence-electron chi connectivity index (χ0n) is 11.6. The fourth-order valence-electron chi connectivity index (χ4n) is 2.54. The van der Waals surface area contributed by atoms with Crippen LogP contribution in [-0.2, 0) is 0 Å². The minimum Gasteiger partial charge on any atom is -0.398 e. The number of carbonyl (C=O) groups is 1. The summed E-state index contributed by atoms with van der Waals surface area (Å²) in [6.45, 7) is 1.93. The molecular formula is C18H14ClNO. The quantitative estimate of drug-likeness (QED) is 0.554. The van der Waals surface area contributed by atoms with E-state index >= 15 is 0 Å². The highest BCUT2D eigenvalue weighted by Crippen LogP contribution is 2.29. The first-order valence-electron chi connectivity index (χ1n) is 6.66. The summed E-state index contributed by atoms with van der Waals surface area (Å²) in [6, 6.07) is 17.0. The van der Waals surface area contributed by atoms with Gasteiger partial charge in [0.05, 0.1) is 10.7 Å². The minimum absolute atomic E-state index is 0.0957. The van der Waals surface area contributed by atoms with Gasteiger partial charge in [0, 0.05) is 11.1 Å². The Morgan fingerprint density at radius 2 is 1.76 bits per heavy atom. The maximum absolute atomic E-state index is 12.9. The number of hydrogen-bond donors (Lipinski definition) is 1. The Hall–Kier alpha value is -2.32. The Bertz CT molecular complexity index is 855. The van der Waals surface area contributed by atoms with E-state index < -0.39 is 0 Å². The van der Waals surface area contributed by atoms with Crippen LogP contribution in [0.5, 0.6) is 0 Å². The van der Waals surface area contributed by atoms with Crippen molar-refractivity contribution in [2.45, 2.75) is 6.92 Å². The van der Waals surface area contributed by atoms with Crippen LogP contribution in [0.2, 0.25) is 5.02 Å².